The fourth-order valence-electron chi connectivity index (χ4n) is 2.19. The largest absolute Gasteiger partial charge is 0.352 e. The zero-order chi connectivity index (χ0) is 18.1. The lowest BCUT2D eigenvalue weighted by molar-refractivity contribution is -0.129. The summed E-state index contributed by atoms with van der Waals surface area (Å²) in [6.45, 7) is 4.66. The van der Waals surface area contributed by atoms with Crippen LogP contribution in [0.15, 0.2) is 59.7 Å². The molecular formula is C20H23N3O2. The van der Waals surface area contributed by atoms with E-state index in [1.165, 1.54) is 5.56 Å². The van der Waals surface area contributed by atoms with Gasteiger partial charge in [-0.15, -0.1) is 0 Å². The van der Waals surface area contributed by atoms with Crippen LogP contribution in [0.4, 0.5) is 0 Å². The first-order valence-corrected chi connectivity index (χ1v) is 8.27. The molecule has 0 aliphatic heterocycles. The molecule has 2 N–H and O–H groups in total. The highest BCUT2D eigenvalue weighted by Gasteiger charge is 2.08. The number of nitrogens with zero attached hydrogens (tertiary/aromatic N) is 1. The van der Waals surface area contributed by atoms with Gasteiger partial charge in [0.05, 0.1) is 6.21 Å². The van der Waals surface area contributed by atoms with Gasteiger partial charge in [0.2, 0.25) is 11.8 Å². The monoisotopic (exact) mass is 337 g/mol. The molecule has 0 radical (unpaired) electrons. The van der Waals surface area contributed by atoms with Gasteiger partial charge in [-0.1, -0.05) is 68.4 Å². The van der Waals surface area contributed by atoms with Gasteiger partial charge in [0.15, 0.2) is 0 Å². The Balaban J connectivity index is 1.73. The zero-order valence-corrected chi connectivity index (χ0v) is 14.5. The first-order chi connectivity index (χ1) is 12.0. The Labute approximate surface area is 148 Å². The van der Waals surface area contributed by atoms with Crippen LogP contribution in [0.25, 0.3) is 0 Å². The lowest BCUT2D eigenvalue weighted by atomic mass is 10.0. The molecular weight excluding hydrogens is 314 g/mol. The fourth-order valence-corrected chi connectivity index (χ4v) is 2.19. The third kappa shape index (κ3) is 6.59. The third-order valence-electron chi connectivity index (χ3n) is 3.66. The predicted molar refractivity (Wildman–Crippen MR) is 99.2 cm³/mol. The van der Waals surface area contributed by atoms with Crippen molar-refractivity contribution in [1.29, 1.82) is 0 Å². The van der Waals surface area contributed by atoms with Crippen LogP contribution in [0.2, 0.25) is 0 Å². The minimum atomic E-state index is -0.444. The van der Waals surface area contributed by atoms with Gasteiger partial charge < -0.3 is 5.32 Å². The lowest BCUT2D eigenvalue weighted by Crippen LogP contribution is -2.29. The van der Waals surface area contributed by atoms with Gasteiger partial charge in [0.1, 0.15) is 6.42 Å². The summed E-state index contributed by atoms with van der Waals surface area (Å²) in [6, 6.07) is 17.5. The molecule has 0 heterocycles. The molecule has 0 fully saturated rings. The topological polar surface area (TPSA) is 70.6 Å². The molecule has 2 amide bonds. The first-order valence-electron chi connectivity index (χ1n) is 8.27. The minimum absolute atomic E-state index is 0.254. The molecule has 130 valence electrons. The average molecular weight is 337 g/mol. The van der Waals surface area contributed by atoms with Crippen molar-refractivity contribution in [1.82, 2.24) is 10.7 Å². The molecule has 0 atom stereocenters. The number of rotatable bonds is 7. The molecule has 2 rings (SSSR count). The molecule has 2 aromatic rings. The molecule has 5 nitrogen and oxygen atoms in total. The van der Waals surface area contributed by atoms with E-state index in [-0.39, 0.29) is 12.3 Å². The summed E-state index contributed by atoms with van der Waals surface area (Å²) in [4.78, 5) is 23.5. The number of hydrogen-bond acceptors (Lipinski definition) is 3. The number of benzene rings is 2. The normalized spacial score (nSPS) is 10.8. The maximum absolute atomic E-state index is 11.7. The van der Waals surface area contributed by atoms with Crippen LogP contribution in [0.5, 0.6) is 0 Å². The maximum Gasteiger partial charge on any atom is 0.249 e. The summed E-state index contributed by atoms with van der Waals surface area (Å²) in [5.41, 5.74) is 5.49. The van der Waals surface area contributed by atoms with Crippen LogP contribution >= 0.6 is 0 Å². The van der Waals surface area contributed by atoms with E-state index in [0.717, 1.165) is 11.1 Å². The molecule has 0 spiro atoms. The highest BCUT2D eigenvalue weighted by molar-refractivity contribution is 5.97. The van der Waals surface area contributed by atoms with Crippen LogP contribution in [-0.4, -0.2) is 18.0 Å². The standard InChI is InChI=1S/C20H23N3O2/c1-15(2)18-10-8-17(9-11-18)14-22-23-20(25)12-19(24)21-13-16-6-4-3-5-7-16/h3-11,14-15H,12-13H2,1-2H3,(H,21,24)(H,23,25). The van der Waals surface area contributed by atoms with Crippen molar-refractivity contribution in [3.63, 3.8) is 0 Å². The second kappa shape index (κ2) is 9.37. The Kier molecular flexibility index (Phi) is 6.89. The highest BCUT2D eigenvalue weighted by atomic mass is 16.2. The van der Waals surface area contributed by atoms with Crippen LogP contribution < -0.4 is 10.7 Å². The van der Waals surface area contributed by atoms with Crippen LogP contribution in [-0.2, 0) is 16.1 Å². The van der Waals surface area contributed by atoms with Crippen LogP contribution in [0, 0.1) is 0 Å². The second-order valence-corrected chi connectivity index (χ2v) is 6.05. The fraction of sp³-hybridized carbons (Fsp3) is 0.250. The van der Waals surface area contributed by atoms with Crippen molar-refractivity contribution in [2.75, 3.05) is 0 Å². The van der Waals surface area contributed by atoms with Crippen molar-refractivity contribution in [2.45, 2.75) is 32.7 Å². The lowest BCUT2D eigenvalue weighted by Gasteiger charge is -2.05. The Morgan fingerprint density at radius 1 is 1.00 bits per heavy atom. The van der Waals surface area contributed by atoms with Gasteiger partial charge in [-0.05, 0) is 22.6 Å². The van der Waals surface area contributed by atoms with Crippen LogP contribution in [0.3, 0.4) is 0 Å². The number of hydrogen-bond donors (Lipinski definition) is 2. The Bertz CT molecular complexity index is 722. The SMILES string of the molecule is CC(C)c1ccc(C=NNC(=O)CC(=O)NCc2ccccc2)cc1. The summed E-state index contributed by atoms with van der Waals surface area (Å²) in [5, 5.41) is 6.59. The van der Waals surface area contributed by atoms with E-state index >= 15 is 0 Å². The molecule has 0 saturated carbocycles. The van der Waals surface area contributed by atoms with Crippen molar-refractivity contribution in [2.24, 2.45) is 5.10 Å². The van der Waals surface area contributed by atoms with Gasteiger partial charge in [-0.2, -0.15) is 5.10 Å². The van der Waals surface area contributed by atoms with Crippen LogP contribution in [0.1, 0.15) is 42.9 Å². The summed E-state index contributed by atoms with van der Waals surface area (Å²) >= 11 is 0. The van der Waals surface area contributed by atoms with E-state index in [2.05, 4.69) is 29.7 Å². The van der Waals surface area contributed by atoms with Gasteiger partial charge in [-0.3, -0.25) is 9.59 Å². The van der Waals surface area contributed by atoms with E-state index in [1.54, 1.807) is 6.21 Å². The molecule has 25 heavy (non-hydrogen) atoms. The van der Waals surface area contributed by atoms with Gasteiger partial charge in [-0.25, -0.2) is 5.43 Å². The molecule has 0 aliphatic carbocycles. The van der Waals surface area contributed by atoms with E-state index in [9.17, 15) is 9.59 Å². The molecule has 0 aromatic heterocycles. The number of carbonyl (C=O) groups excluding carboxylic acids is 2. The Hall–Kier alpha value is -2.95. The first kappa shape index (κ1) is 18.4. The second-order valence-electron chi connectivity index (χ2n) is 6.05. The highest BCUT2D eigenvalue weighted by Crippen LogP contribution is 2.13. The quantitative estimate of drug-likeness (QED) is 0.463. The van der Waals surface area contributed by atoms with E-state index < -0.39 is 5.91 Å². The summed E-state index contributed by atoms with van der Waals surface area (Å²) in [7, 11) is 0. The number of carbonyl (C=O) groups is 2. The maximum atomic E-state index is 11.7. The molecule has 5 heteroatoms. The Morgan fingerprint density at radius 3 is 2.32 bits per heavy atom. The van der Waals surface area contributed by atoms with Crippen molar-refractivity contribution < 1.29 is 9.59 Å². The zero-order valence-electron chi connectivity index (χ0n) is 14.5. The van der Waals surface area contributed by atoms with E-state index in [0.29, 0.717) is 12.5 Å². The summed E-state index contributed by atoms with van der Waals surface area (Å²) in [6.07, 6.45) is 1.31. The smallest absolute Gasteiger partial charge is 0.249 e. The van der Waals surface area contributed by atoms with Crippen molar-refractivity contribution in [3.05, 3.63) is 71.3 Å². The van der Waals surface area contributed by atoms with Gasteiger partial charge in [0, 0.05) is 6.54 Å². The van der Waals surface area contributed by atoms with E-state index in [4.69, 9.17) is 0 Å². The summed E-state index contributed by atoms with van der Waals surface area (Å²) in [5.74, 6) is -0.307. The molecule has 0 bridgehead atoms. The Morgan fingerprint density at radius 2 is 1.68 bits per heavy atom. The molecule has 0 aliphatic rings. The molecule has 0 saturated heterocycles. The van der Waals surface area contributed by atoms with Crippen molar-refractivity contribution >= 4 is 18.0 Å². The minimum Gasteiger partial charge on any atom is -0.352 e. The predicted octanol–water partition coefficient (Wildman–Crippen LogP) is 2.97. The third-order valence-corrected chi connectivity index (χ3v) is 3.66. The average Bonchev–Trinajstić information content (AvgIpc) is 2.61. The summed E-state index contributed by atoms with van der Waals surface area (Å²) < 4.78 is 0. The van der Waals surface area contributed by atoms with E-state index in [1.807, 2.05) is 54.6 Å². The van der Waals surface area contributed by atoms with Gasteiger partial charge >= 0.3 is 0 Å². The van der Waals surface area contributed by atoms with Gasteiger partial charge in [0.25, 0.3) is 0 Å². The molecule has 2 aromatic carbocycles. The van der Waals surface area contributed by atoms with Crippen molar-refractivity contribution in [3.8, 4) is 0 Å². The number of amides is 2. The number of hydrazone groups is 1. The number of nitrogens with one attached hydrogen (secondary N) is 2. The molecule has 0 unspecified atom stereocenters.